The second-order valence-electron chi connectivity index (χ2n) is 5.39. The van der Waals surface area contributed by atoms with Crippen molar-refractivity contribution in [1.82, 2.24) is 10.3 Å². The first-order valence-electron chi connectivity index (χ1n) is 6.92. The van der Waals surface area contributed by atoms with Gasteiger partial charge in [-0.05, 0) is 50.5 Å². The van der Waals surface area contributed by atoms with Gasteiger partial charge in [0.15, 0.2) is 0 Å². The summed E-state index contributed by atoms with van der Waals surface area (Å²) in [6.07, 6.45) is 2.08. The Hall–Kier alpha value is -1.77. The van der Waals surface area contributed by atoms with Crippen molar-refractivity contribution in [2.45, 2.75) is 46.6 Å². The van der Waals surface area contributed by atoms with E-state index in [9.17, 15) is 4.79 Å². The highest BCUT2D eigenvalue weighted by molar-refractivity contribution is 5.99. The molecule has 0 radical (unpaired) electrons. The number of rotatable bonds is 4. The molecule has 0 aliphatic heterocycles. The standard InChI is InChI=1S/C16H22N2O/c1-5-6-12(4)17-16(19)15-9-13-11(3)7-10(2)8-14(13)18-15/h7-9,12,18H,5-6H2,1-4H3,(H,17,19)/t12-/m0/s1. The molecule has 0 saturated heterocycles. The van der Waals surface area contributed by atoms with Crippen LogP contribution in [0.1, 0.15) is 48.3 Å². The van der Waals surface area contributed by atoms with Gasteiger partial charge < -0.3 is 10.3 Å². The molecule has 1 atom stereocenters. The largest absolute Gasteiger partial charge is 0.351 e. The molecule has 2 rings (SSSR count). The molecule has 0 aliphatic carbocycles. The highest BCUT2D eigenvalue weighted by Gasteiger charge is 2.13. The summed E-state index contributed by atoms with van der Waals surface area (Å²) < 4.78 is 0. The van der Waals surface area contributed by atoms with Crippen LogP contribution in [0, 0.1) is 13.8 Å². The van der Waals surface area contributed by atoms with E-state index in [4.69, 9.17) is 0 Å². The maximum atomic E-state index is 12.2. The highest BCUT2D eigenvalue weighted by atomic mass is 16.1. The van der Waals surface area contributed by atoms with Crippen LogP contribution in [0.25, 0.3) is 10.9 Å². The number of fused-ring (bicyclic) bond motifs is 1. The Morgan fingerprint density at radius 3 is 2.74 bits per heavy atom. The van der Waals surface area contributed by atoms with Crippen LogP contribution in [-0.2, 0) is 0 Å². The third-order valence-corrected chi connectivity index (χ3v) is 3.43. The summed E-state index contributed by atoms with van der Waals surface area (Å²) in [5.41, 5.74) is 4.09. The molecule has 0 fully saturated rings. The minimum atomic E-state index is -0.0193. The van der Waals surface area contributed by atoms with E-state index in [0.717, 1.165) is 23.7 Å². The third-order valence-electron chi connectivity index (χ3n) is 3.43. The average Bonchev–Trinajstić information content (AvgIpc) is 2.73. The lowest BCUT2D eigenvalue weighted by Gasteiger charge is -2.11. The van der Waals surface area contributed by atoms with Gasteiger partial charge in [0.25, 0.3) is 5.91 Å². The van der Waals surface area contributed by atoms with Gasteiger partial charge in [0.2, 0.25) is 0 Å². The first-order chi connectivity index (χ1) is 9.01. The Morgan fingerprint density at radius 2 is 2.05 bits per heavy atom. The molecule has 0 spiro atoms. The van der Waals surface area contributed by atoms with E-state index >= 15 is 0 Å². The van der Waals surface area contributed by atoms with Crippen molar-refractivity contribution in [3.8, 4) is 0 Å². The highest BCUT2D eigenvalue weighted by Crippen LogP contribution is 2.21. The minimum absolute atomic E-state index is 0.0193. The van der Waals surface area contributed by atoms with Crippen molar-refractivity contribution in [3.63, 3.8) is 0 Å². The van der Waals surface area contributed by atoms with Gasteiger partial charge in [0.1, 0.15) is 5.69 Å². The van der Waals surface area contributed by atoms with Gasteiger partial charge in [0, 0.05) is 16.9 Å². The van der Waals surface area contributed by atoms with Crippen molar-refractivity contribution < 1.29 is 4.79 Å². The topological polar surface area (TPSA) is 44.9 Å². The molecule has 102 valence electrons. The maximum absolute atomic E-state index is 12.2. The summed E-state index contributed by atoms with van der Waals surface area (Å²) in [6, 6.07) is 6.37. The van der Waals surface area contributed by atoms with Crippen molar-refractivity contribution in [2.75, 3.05) is 0 Å². The Labute approximate surface area is 114 Å². The van der Waals surface area contributed by atoms with Gasteiger partial charge in [-0.2, -0.15) is 0 Å². The summed E-state index contributed by atoms with van der Waals surface area (Å²) in [6.45, 7) is 8.30. The Morgan fingerprint density at radius 1 is 1.32 bits per heavy atom. The van der Waals surface area contributed by atoms with Crippen molar-refractivity contribution in [2.24, 2.45) is 0 Å². The summed E-state index contributed by atoms with van der Waals surface area (Å²) in [5.74, 6) is -0.0193. The van der Waals surface area contributed by atoms with E-state index in [0.29, 0.717) is 5.69 Å². The second kappa shape index (κ2) is 5.47. The van der Waals surface area contributed by atoms with E-state index in [1.165, 1.54) is 11.1 Å². The van der Waals surface area contributed by atoms with Gasteiger partial charge in [-0.25, -0.2) is 0 Å². The number of aromatic nitrogens is 1. The van der Waals surface area contributed by atoms with Gasteiger partial charge in [-0.1, -0.05) is 19.4 Å². The molecule has 2 aromatic rings. The van der Waals surface area contributed by atoms with E-state index in [-0.39, 0.29) is 11.9 Å². The first-order valence-corrected chi connectivity index (χ1v) is 6.92. The molecule has 3 heteroatoms. The molecule has 2 N–H and O–H groups in total. The van der Waals surface area contributed by atoms with E-state index < -0.39 is 0 Å². The number of carbonyl (C=O) groups is 1. The predicted molar refractivity (Wildman–Crippen MR) is 79.6 cm³/mol. The monoisotopic (exact) mass is 258 g/mol. The fourth-order valence-corrected chi connectivity index (χ4v) is 2.53. The first kappa shape index (κ1) is 13.7. The molecule has 1 amide bonds. The van der Waals surface area contributed by atoms with E-state index in [2.05, 4.69) is 43.2 Å². The van der Waals surface area contributed by atoms with Crippen LogP contribution in [-0.4, -0.2) is 16.9 Å². The van der Waals surface area contributed by atoms with Crippen molar-refractivity contribution in [3.05, 3.63) is 35.0 Å². The lowest BCUT2D eigenvalue weighted by molar-refractivity contribution is 0.0934. The Bertz CT molecular complexity index is 598. The van der Waals surface area contributed by atoms with Crippen LogP contribution in [0.2, 0.25) is 0 Å². The second-order valence-corrected chi connectivity index (χ2v) is 5.39. The molecular formula is C16H22N2O. The van der Waals surface area contributed by atoms with E-state index in [1.807, 2.05) is 13.0 Å². The van der Waals surface area contributed by atoms with Crippen LogP contribution in [0.15, 0.2) is 18.2 Å². The number of benzene rings is 1. The molecule has 19 heavy (non-hydrogen) atoms. The number of aromatic amines is 1. The van der Waals surface area contributed by atoms with Crippen molar-refractivity contribution in [1.29, 1.82) is 0 Å². The van der Waals surface area contributed by atoms with Gasteiger partial charge in [-0.3, -0.25) is 4.79 Å². The number of carbonyl (C=O) groups excluding carboxylic acids is 1. The molecule has 1 heterocycles. The van der Waals surface area contributed by atoms with Gasteiger partial charge in [-0.15, -0.1) is 0 Å². The minimum Gasteiger partial charge on any atom is -0.351 e. The molecule has 0 saturated carbocycles. The normalized spacial score (nSPS) is 12.6. The molecule has 1 aromatic carbocycles. The fraction of sp³-hybridized carbons (Fsp3) is 0.438. The Kier molecular flexibility index (Phi) is 3.93. The quantitative estimate of drug-likeness (QED) is 0.863. The zero-order valence-electron chi connectivity index (χ0n) is 12.1. The number of H-pyrrole nitrogens is 1. The number of hydrogen-bond donors (Lipinski definition) is 2. The maximum Gasteiger partial charge on any atom is 0.267 e. The van der Waals surface area contributed by atoms with Gasteiger partial charge >= 0.3 is 0 Å². The predicted octanol–water partition coefficient (Wildman–Crippen LogP) is 3.70. The lowest BCUT2D eigenvalue weighted by Crippen LogP contribution is -2.32. The number of amides is 1. The summed E-state index contributed by atoms with van der Waals surface area (Å²) >= 11 is 0. The summed E-state index contributed by atoms with van der Waals surface area (Å²) in [4.78, 5) is 15.4. The van der Waals surface area contributed by atoms with Crippen LogP contribution in [0.5, 0.6) is 0 Å². The third kappa shape index (κ3) is 2.98. The van der Waals surface area contributed by atoms with Crippen LogP contribution < -0.4 is 5.32 Å². The molecule has 0 bridgehead atoms. The van der Waals surface area contributed by atoms with Crippen LogP contribution >= 0.6 is 0 Å². The summed E-state index contributed by atoms with van der Waals surface area (Å²) in [5, 5.41) is 4.15. The fourth-order valence-electron chi connectivity index (χ4n) is 2.53. The molecule has 0 aliphatic rings. The lowest BCUT2D eigenvalue weighted by atomic mass is 10.1. The SMILES string of the molecule is CCC[C@H](C)NC(=O)c1cc2c(C)cc(C)cc2[nH]1. The average molecular weight is 258 g/mol. The number of aryl methyl sites for hydroxylation is 2. The molecule has 0 unspecified atom stereocenters. The zero-order chi connectivity index (χ0) is 14.0. The molecule has 1 aromatic heterocycles. The number of hydrogen-bond acceptors (Lipinski definition) is 1. The Balaban J connectivity index is 2.26. The van der Waals surface area contributed by atoms with Crippen molar-refractivity contribution >= 4 is 16.8 Å². The zero-order valence-corrected chi connectivity index (χ0v) is 12.1. The molecular weight excluding hydrogens is 236 g/mol. The molecule has 3 nitrogen and oxygen atoms in total. The van der Waals surface area contributed by atoms with E-state index in [1.54, 1.807) is 0 Å². The summed E-state index contributed by atoms with van der Waals surface area (Å²) in [7, 11) is 0. The smallest absolute Gasteiger partial charge is 0.267 e. The van der Waals surface area contributed by atoms with Gasteiger partial charge in [0.05, 0.1) is 0 Å². The number of nitrogens with one attached hydrogen (secondary N) is 2. The van der Waals surface area contributed by atoms with Crippen LogP contribution in [0.4, 0.5) is 0 Å². The van der Waals surface area contributed by atoms with Crippen LogP contribution in [0.3, 0.4) is 0 Å².